The molecule has 1 N–H and O–H groups in total. The van der Waals surface area contributed by atoms with E-state index in [1.165, 1.54) is 6.92 Å². The standard InChI is InChI=1S/C19H23ClN2O4S/c1-5-26-17-10-8-16(9-11-17)22(27(4,24)25)14(3)19(23)21-18-12-15(20)7-6-13(18)2/h6-12,14H,5H2,1-4H3,(H,21,23)/t14-/m0/s1. The van der Waals surface area contributed by atoms with E-state index < -0.39 is 22.0 Å². The molecule has 146 valence electrons. The van der Waals surface area contributed by atoms with Gasteiger partial charge in [-0.1, -0.05) is 17.7 Å². The van der Waals surface area contributed by atoms with Crippen LogP contribution in [-0.2, 0) is 14.8 Å². The minimum absolute atomic E-state index is 0.381. The van der Waals surface area contributed by atoms with Gasteiger partial charge >= 0.3 is 0 Å². The van der Waals surface area contributed by atoms with Crippen molar-refractivity contribution in [2.24, 2.45) is 0 Å². The van der Waals surface area contributed by atoms with Crippen LogP contribution in [0.5, 0.6) is 5.75 Å². The van der Waals surface area contributed by atoms with Crippen molar-refractivity contribution in [2.45, 2.75) is 26.8 Å². The van der Waals surface area contributed by atoms with Gasteiger partial charge in [-0.05, 0) is 62.7 Å². The summed E-state index contributed by atoms with van der Waals surface area (Å²) in [6.45, 7) is 5.73. The number of halogens is 1. The van der Waals surface area contributed by atoms with Crippen LogP contribution in [0.3, 0.4) is 0 Å². The van der Waals surface area contributed by atoms with Gasteiger partial charge < -0.3 is 10.1 Å². The number of nitrogens with one attached hydrogen (secondary N) is 1. The number of carbonyl (C=O) groups excluding carboxylic acids is 1. The number of rotatable bonds is 7. The molecule has 1 amide bonds. The van der Waals surface area contributed by atoms with E-state index in [9.17, 15) is 13.2 Å². The highest BCUT2D eigenvalue weighted by atomic mass is 35.5. The first-order valence-electron chi connectivity index (χ1n) is 8.42. The Bertz CT molecular complexity index is 914. The van der Waals surface area contributed by atoms with Gasteiger partial charge in [-0.2, -0.15) is 0 Å². The number of ether oxygens (including phenoxy) is 1. The smallest absolute Gasteiger partial charge is 0.248 e. The Balaban J connectivity index is 2.30. The maximum absolute atomic E-state index is 12.7. The van der Waals surface area contributed by atoms with Gasteiger partial charge in [0.2, 0.25) is 15.9 Å². The van der Waals surface area contributed by atoms with Gasteiger partial charge in [0.1, 0.15) is 11.8 Å². The van der Waals surface area contributed by atoms with Gasteiger partial charge in [-0.3, -0.25) is 9.10 Å². The lowest BCUT2D eigenvalue weighted by atomic mass is 10.2. The van der Waals surface area contributed by atoms with Crippen LogP contribution in [0, 0.1) is 6.92 Å². The SMILES string of the molecule is CCOc1ccc(N([C@@H](C)C(=O)Nc2cc(Cl)ccc2C)S(C)(=O)=O)cc1. The van der Waals surface area contributed by atoms with E-state index in [1.54, 1.807) is 42.5 Å². The Kier molecular flexibility index (Phi) is 6.73. The molecule has 2 aromatic rings. The molecule has 2 rings (SSSR count). The molecule has 0 unspecified atom stereocenters. The van der Waals surface area contributed by atoms with Gasteiger partial charge in [0, 0.05) is 10.7 Å². The molecular formula is C19H23ClN2O4S. The van der Waals surface area contributed by atoms with Crippen LogP contribution in [0.15, 0.2) is 42.5 Å². The average molecular weight is 411 g/mol. The molecule has 6 nitrogen and oxygen atoms in total. The lowest BCUT2D eigenvalue weighted by Gasteiger charge is -2.28. The van der Waals surface area contributed by atoms with Gasteiger partial charge in [0.25, 0.3) is 0 Å². The molecular weight excluding hydrogens is 388 g/mol. The summed E-state index contributed by atoms with van der Waals surface area (Å²) in [5.41, 5.74) is 1.75. The summed E-state index contributed by atoms with van der Waals surface area (Å²) in [6, 6.07) is 10.7. The van der Waals surface area contributed by atoms with Gasteiger partial charge in [0.05, 0.1) is 18.6 Å². The quantitative estimate of drug-likeness (QED) is 0.752. The van der Waals surface area contributed by atoms with E-state index in [0.717, 1.165) is 16.1 Å². The second-order valence-electron chi connectivity index (χ2n) is 6.11. The number of hydrogen-bond donors (Lipinski definition) is 1. The van der Waals surface area contributed by atoms with Crippen LogP contribution in [-0.4, -0.2) is 33.2 Å². The average Bonchev–Trinajstić information content (AvgIpc) is 2.59. The Labute approximate surface area is 165 Å². The van der Waals surface area contributed by atoms with Crippen LogP contribution < -0.4 is 14.4 Å². The lowest BCUT2D eigenvalue weighted by Crippen LogP contribution is -2.45. The molecule has 0 saturated carbocycles. The van der Waals surface area contributed by atoms with E-state index in [1.807, 2.05) is 13.8 Å². The predicted octanol–water partition coefficient (Wildman–Crippen LogP) is 3.84. The Morgan fingerprint density at radius 2 is 1.85 bits per heavy atom. The molecule has 0 aromatic heterocycles. The van der Waals surface area contributed by atoms with Crippen molar-refractivity contribution in [1.82, 2.24) is 0 Å². The Morgan fingerprint density at radius 1 is 1.22 bits per heavy atom. The van der Waals surface area contributed by atoms with Crippen LogP contribution in [0.25, 0.3) is 0 Å². The summed E-state index contributed by atoms with van der Waals surface area (Å²) in [6.07, 6.45) is 1.07. The summed E-state index contributed by atoms with van der Waals surface area (Å²) >= 11 is 5.98. The Hall–Kier alpha value is -2.25. The maximum atomic E-state index is 12.7. The summed E-state index contributed by atoms with van der Waals surface area (Å²) in [5, 5.41) is 3.23. The van der Waals surface area contributed by atoms with Crippen molar-refractivity contribution in [3.8, 4) is 5.75 Å². The first-order chi connectivity index (χ1) is 12.6. The number of carbonyl (C=O) groups is 1. The van der Waals surface area contributed by atoms with Crippen LogP contribution >= 0.6 is 11.6 Å². The second-order valence-corrected chi connectivity index (χ2v) is 8.41. The number of benzene rings is 2. The second kappa shape index (κ2) is 8.63. The summed E-state index contributed by atoms with van der Waals surface area (Å²) in [5.74, 6) is 0.168. The fourth-order valence-electron chi connectivity index (χ4n) is 2.63. The van der Waals surface area contributed by atoms with Crippen molar-refractivity contribution >= 4 is 38.9 Å². The summed E-state index contributed by atoms with van der Waals surface area (Å²) < 4.78 is 31.2. The minimum Gasteiger partial charge on any atom is -0.494 e. The third-order valence-corrected chi connectivity index (χ3v) is 5.42. The highest BCUT2D eigenvalue weighted by molar-refractivity contribution is 7.92. The van der Waals surface area contributed by atoms with Crippen LogP contribution in [0.4, 0.5) is 11.4 Å². The first-order valence-corrected chi connectivity index (χ1v) is 10.7. The largest absolute Gasteiger partial charge is 0.494 e. The molecule has 1 atom stereocenters. The number of anilines is 2. The minimum atomic E-state index is -3.69. The fraction of sp³-hybridized carbons (Fsp3) is 0.316. The zero-order valence-electron chi connectivity index (χ0n) is 15.7. The van der Waals surface area contributed by atoms with E-state index in [-0.39, 0.29) is 0 Å². The molecule has 0 aliphatic heterocycles. The number of aryl methyl sites for hydroxylation is 1. The number of sulfonamides is 1. The first kappa shape index (κ1) is 21.1. The number of hydrogen-bond acceptors (Lipinski definition) is 4. The molecule has 0 bridgehead atoms. The molecule has 8 heteroatoms. The molecule has 0 saturated heterocycles. The maximum Gasteiger partial charge on any atom is 0.248 e. The van der Waals surface area contributed by atoms with Gasteiger partial charge in [-0.25, -0.2) is 8.42 Å². The molecule has 2 aromatic carbocycles. The normalized spacial score (nSPS) is 12.3. The van der Waals surface area contributed by atoms with E-state index >= 15 is 0 Å². The zero-order valence-corrected chi connectivity index (χ0v) is 17.3. The highest BCUT2D eigenvalue weighted by Gasteiger charge is 2.29. The molecule has 0 heterocycles. The van der Waals surface area contributed by atoms with E-state index in [4.69, 9.17) is 16.3 Å². The highest BCUT2D eigenvalue weighted by Crippen LogP contribution is 2.25. The molecule has 0 radical (unpaired) electrons. The molecule has 0 fully saturated rings. The Morgan fingerprint density at radius 3 is 2.41 bits per heavy atom. The summed E-state index contributed by atoms with van der Waals surface area (Å²) in [7, 11) is -3.69. The van der Waals surface area contributed by atoms with Crippen molar-refractivity contribution < 1.29 is 17.9 Å². The van der Waals surface area contributed by atoms with E-state index in [2.05, 4.69) is 5.32 Å². The monoisotopic (exact) mass is 410 g/mol. The third-order valence-electron chi connectivity index (χ3n) is 3.95. The van der Waals surface area contributed by atoms with E-state index in [0.29, 0.717) is 28.8 Å². The van der Waals surface area contributed by atoms with Crippen LogP contribution in [0.2, 0.25) is 5.02 Å². The van der Waals surface area contributed by atoms with Crippen molar-refractivity contribution in [3.05, 3.63) is 53.1 Å². The predicted molar refractivity (Wildman–Crippen MR) is 109 cm³/mol. The lowest BCUT2D eigenvalue weighted by molar-refractivity contribution is -0.116. The molecule has 0 aliphatic carbocycles. The van der Waals surface area contributed by atoms with Crippen molar-refractivity contribution in [3.63, 3.8) is 0 Å². The van der Waals surface area contributed by atoms with Gasteiger partial charge in [-0.15, -0.1) is 0 Å². The number of amides is 1. The molecule has 27 heavy (non-hydrogen) atoms. The third kappa shape index (κ3) is 5.37. The zero-order chi connectivity index (χ0) is 20.2. The molecule has 0 spiro atoms. The number of nitrogens with zero attached hydrogens (tertiary/aromatic N) is 1. The van der Waals surface area contributed by atoms with Gasteiger partial charge in [0.15, 0.2) is 0 Å². The topological polar surface area (TPSA) is 75.7 Å². The van der Waals surface area contributed by atoms with Crippen molar-refractivity contribution in [2.75, 3.05) is 22.5 Å². The fourth-order valence-corrected chi connectivity index (χ4v) is 3.98. The van der Waals surface area contributed by atoms with Crippen molar-refractivity contribution in [1.29, 1.82) is 0 Å². The van der Waals surface area contributed by atoms with Crippen LogP contribution in [0.1, 0.15) is 19.4 Å². The molecule has 0 aliphatic rings. The summed E-state index contributed by atoms with van der Waals surface area (Å²) in [4.78, 5) is 12.7.